The SMILES string of the molecule is O=C(O)C1CCN(Cc2ccc(OCc3ccccn3)cc2)C1. The molecule has 120 valence electrons. The molecule has 5 heteroatoms. The molecule has 0 amide bonds. The first-order valence-electron chi connectivity index (χ1n) is 7.77. The number of aromatic nitrogens is 1. The third-order valence-electron chi connectivity index (χ3n) is 4.06. The monoisotopic (exact) mass is 312 g/mol. The number of benzene rings is 1. The van der Waals surface area contributed by atoms with Gasteiger partial charge in [-0.05, 0) is 42.8 Å². The lowest BCUT2D eigenvalue weighted by Gasteiger charge is -2.15. The van der Waals surface area contributed by atoms with Gasteiger partial charge >= 0.3 is 5.97 Å². The lowest BCUT2D eigenvalue weighted by Crippen LogP contribution is -2.22. The summed E-state index contributed by atoms with van der Waals surface area (Å²) in [4.78, 5) is 17.4. The van der Waals surface area contributed by atoms with E-state index in [1.54, 1.807) is 6.20 Å². The number of hydrogen-bond donors (Lipinski definition) is 1. The largest absolute Gasteiger partial charge is 0.487 e. The van der Waals surface area contributed by atoms with Crippen LogP contribution in [0.2, 0.25) is 0 Å². The highest BCUT2D eigenvalue weighted by Gasteiger charge is 2.27. The zero-order valence-electron chi connectivity index (χ0n) is 12.9. The lowest BCUT2D eigenvalue weighted by molar-refractivity contribution is -0.141. The highest BCUT2D eigenvalue weighted by atomic mass is 16.5. The number of hydrogen-bond acceptors (Lipinski definition) is 4. The molecular formula is C18H20N2O3. The molecule has 5 nitrogen and oxygen atoms in total. The van der Waals surface area contributed by atoms with Crippen LogP contribution in [-0.2, 0) is 17.9 Å². The quantitative estimate of drug-likeness (QED) is 0.888. The van der Waals surface area contributed by atoms with Crippen LogP contribution in [0.25, 0.3) is 0 Å². The molecule has 1 atom stereocenters. The summed E-state index contributed by atoms with van der Waals surface area (Å²) < 4.78 is 5.71. The summed E-state index contributed by atoms with van der Waals surface area (Å²) in [7, 11) is 0. The van der Waals surface area contributed by atoms with Gasteiger partial charge in [0.15, 0.2) is 0 Å². The van der Waals surface area contributed by atoms with Gasteiger partial charge in [0.1, 0.15) is 12.4 Å². The highest BCUT2D eigenvalue weighted by Crippen LogP contribution is 2.20. The van der Waals surface area contributed by atoms with Gasteiger partial charge in [-0.15, -0.1) is 0 Å². The molecule has 1 unspecified atom stereocenters. The van der Waals surface area contributed by atoms with E-state index in [1.807, 2.05) is 42.5 Å². The Morgan fingerprint density at radius 1 is 1.26 bits per heavy atom. The maximum Gasteiger partial charge on any atom is 0.307 e. The van der Waals surface area contributed by atoms with Gasteiger partial charge < -0.3 is 9.84 Å². The van der Waals surface area contributed by atoms with Crippen LogP contribution in [0.15, 0.2) is 48.7 Å². The summed E-state index contributed by atoms with van der Waals surface area (Å²) in [5, 5.41) is 9.04. The Bertz CT molecular complexity index is 643. The topological polar surface area (TPSA) is 62.7 Å². The number of carboxylic acid groups (broad SMARTS) is 1. The van der Waals surface area contributed by atoms with Gasteiger partial charge in [-0.2, -0.15) is 0 Å². The van der Waals surface area contributed by atoms with Crippen molar-refractivity contribution >= 4 is 5.97 Å². The minimum atomic E-state index is -0.689. The third-order valence-corrected chi connectivity index (χ3v) is 4.06. The number of pyridine rings is 1. The smallest absolute Gasteiger partial charge is 0.307 e. The minimum absolute atomic E-state index is 0.226. The van der Waals surface area contributed by atoms with Crippen LogP contribution in [0.4, 0.5) is 0 Å². The Labute approximate surface area is 135 Å². The van der Waals surface area contributed by atoms with Crippen LogP contribution in [0.3, 0.4) is 0 Å². The molecule has 1 aliphatic heterocycles. The van der Waals surface area contributed by atoms with Gasteiger partial charge in [0.25, 0.3) is 0 Å². The molecule has 0 spiro atoms. The fourth-order valence-corrected chi connectivity index (χ4v) is 2.77. The van der Waals surface area contributed by atoms with Crippen LogP contribution in [0.5, 0.6) is 5.75 Å². The van der Waals surface area contributed by atoms with Crippen molar-refractivity contribution in [1.82, 2.24) is 9.88 Å². The molecule has 1 saturated heterocycles. The molecule has 0 radical (unpaired) electrons. The van der Waals surface area contributed by atoms with E-state index in [2.05, 4.69) is 9.88 Å². The number of ether oxygens (including phenoxy) is 1. The van der Waals surface area contributed by atoms with Crippen LogP contribution in [0.1, 0.15) is 17.7 Å². The van der Waals surface area contributed by atoms with E-state index in [1.165, 1.54) is 5.56 Å². The maximum absolute atomic E-state index is 11.0. The molecule has 1 aliphatic rings. The molecule has 0 bridgehead atoms. The average molecular weight is 312 g/mol. The van der Waals surface area contributed by atoms with E-state index in [9.17, 15) is 4.79 Å². The minimum Gasteiger partial charge on any atom is -0.487 e. The van der Waals surface area contributed by atoms with Crippen molar-refractivity contribution in [3.63, 3.8) is 0 Å². The summed E-state index contributed by atoms with van der Waals surface area (Å²) in [5.41, 5.74) is 2.06. The van der Waals surface area contributed by atoms with Crippen LogP contribution in [0, 0.1) is 5.92 Å². The summed E-state index contributed by atoms with van der Waals surface area (Å²) in [6, 6.07) is 13.7. The number of rotatable bonds is 6. The molecule has 0 aliphatic carbocycles. The molecule has 2 aromatic rings. The van der Waals surface area contributed by atoms with Gasteiger partial charge in [0.05, 0.1) is 11.6 Å². The maximum atomic E-state index is 11.0. The standard InChI is InChI=1S/C18H20N2O3/c21-18(22)15-8-10-20(12-15)11-14-4-6-17(7-5-14)23-13-16-3-1-2-9-19-16/h1-7,9,15H,8,10-13H2,(H,21,22). The fraction of sp³-hybridized carbons (Fsp3) is 0.333. The van der Waals surface area contributed by atoms with Gasteiger partial charge in [-0.3, -0.25) is 14.7 Å². The lowest BCUT2D eigenvalue weighted by atomic mass is 10.1. The van der Waals surface area contributed by atoms with Crippen molar-refractivity contribution in [2.75, 3.05) is 13.1 Å². The first-order chi connectivity index (χ1) is 11.2. The summed E-state index contributed by atoms with van der Waals surface area (Å²) in [6.07, 6.45) is 2.49. The predicted octanol–water partition coefficient (Wildman–Crippen LogP) is 2.57. The third kappa shape index (κ3) is 4.29. The Kier molecular flexibility index (Phi) is 4.88. The Balaban J connectivity index is 1.50. The normalized spacial score (nSPS) is 18.0. The van der Waals surface area contributed by atoms with Crippen molar-refractivity contribution in [1.29, 1.82) is 0 Å². The first-order valence-corrected chi connectivity index (χ1v) is 7.77. The fourth-order valence-electron chi connectivity index (χ4n) is 2.77. The predicted molar refractivity (Wildman–Crippen MR) is 86.0 cm³/mol. The Morgan fingerprint density at radius 2 is 2.09 bits per heavy atom. The van der Waals surface area contributed by atoms with Crippen molar-refractivity contribution in [3.05, 3.63) is 59.9 Å². The van der Waals surface area contributed by atoms with E-state index >= 15 is 0 Å². The van der Waals surface area contributed by atoms with Crippen molar-refractivity contribution < 1.29 is 14.6 Å². The first kappa shape index (κ1) is 15.5. The van der Waals surface area contributed by atoms with Crippen LogP contribution >= 0.6 is 0 Å². The van der Waals surface area contributed by atoms with Gasteiger partial charge in [0.2, 0.25) is 0 Å². The molecular weight excluding hydrogens is 292 g/mol. The zero-order chi connectivity index (χ0) is 16.1. The average Bonchev–Trinajstić information content (AvgIpc) is 3.04. The zero-order valence-corrected chi connectivity index (χ0v) is 12.9. The van der Waals surface area contributed by atoms with Crippen molar-refractivity contribution in [3.8, 4) is 5.75 Å². The number of likely N-dealkylation sites (tertiary alicyclic amines) is 1. The second-order valence-corrected chi connectivity index (χ2v) is 5.81. The number of aliphatic carboxylic acids is 1. The second kappa shape index (κ2) is 7.24. The second-order valence-electron chi connectivity index (χ2n) is 5.81. The molecule has 1 fully saturated rings. The highest BCUT2D eigenvalue weighted by molar-refractivity contribution is 5.70. The number of nitrogens with zero attached hydrogens (tertiary/aromatic N) is 2. The van der Waals surface area contributed by atoms with Gasteiger partial charge in [-0.1, -0.05) is 18.2 Å². The van der Waals surface area contributed by atoms with Crippen LogP contribution in [-0.4, -0.2) is 34.0 Å². The molecule has 1 aromatic heterocycles. The van der Waals surface area contributed by atoms with Crippen molar-refractivity contribution in [2.24, 2.45) is 5.92 Å². The van der Waals surface area contributed by atoms with Crippen molar-refractivity contribution in [2.45, 2.75) is 19.6 Å². The summed E-state index contributed by atoms with van der Waals surface area (Å²) >= 11 is 0. The van der Waals surface area contributed by atoms with E-state index in [4.69, 9.17) is 9.84 Å². The van der Waals surface area contributed by atoms with E-state index in [-0.39, 0.29) is 5.92 Å². The molecule has 0 saturated carbocycles. The Hall–Kier alpha value is -2.40. The molecule has 2 heterocycles. The van der Waals surface area contributed by atoms with E-state index < -0.39 is 5.97 Å². The number of carboxylic acids is 1. The molecule has 23 heavy (non-hydrogen) atoms. The van der Waals surface area contributed by atoms with E-state index in [0.717, 1.165) is 31.0 Å². The van der Waals surface area contributed by atoms with Crippen LogP contribution < -0.4 is 4.74 Å². The Morgan fingerprint density at radius 3 is 2.74 bits per heavy atom. The summed E-state index contributed by atoms with van der Waals surface area (Å²) in [5.74, 6) is -0.106. The van der Waals surface area contributed by atoms with Gasteiger partial charge in [0, 0.05) is 19.3 Å². The molecule has 3 rings (SSSR count). The van der Waals surface area contributed by atoms with E-state index in [0.29, 0.717) is 13.2 Å². The molecule has 1 aromatic carbocycles. The number of carbonyl (C=O) groups is 1. The molecule has 1 N–H and O–H groups in total. The summed E-state index contributed by atoms with van der Waals surface area (Å²) in [6.45, 7) is 2.71. The van der Waals surface area contributed by atoms with Gasteiger partial charge in [-0.25, -0.2) is 0 Å².